The summed E-state index contributed by atoms with van der Waals surface area (Å²) in [4.78, 5) is 24.4. The highest BCUT2D eigenvalue weighted by Crippen LogP contribution is 2.28. The third-order valence-corrected chi connectivity index (χ3v) is 5.28. The molecule has 3 aromatic rings. The SMILES string of the molecule is Cc1cc(C(=O)NCc2ccc(C(O)c3ccccc3)s2)ccc1[N+](=O)[O-]. The van der Waals surface area contributed by atoms with E-state index < -0.39 is 11.0 Å². The number of hydrogen-bond donors (Lipinski definition) is 2. The first kappa shape index (κ1) is 18.8. The highest BCUT2D eigenvalue weighted by Gasteiger charge is 2.15. The fourth-order valence-electron chi connectivity index (χ4n) is 2.71. The number of hydrogen-bond acceptors (Lipinski definition) is 5. The number of rotatable bonds is 6. The molecule has 0 saturated heterocycles. The van der Waals surface area contributed by atoms with Crippen molar-refractivity contribution in [1.29, 1.82) is 0 Å². The summed E-state index contributed by atoms with van der Waals surface area (Å²) in [5.74, 6) is -0.299. The number of aliphatic hydroxyl groups excluding tert-OH is 1. The van der Waals surface area contributed by atoms with Gasteiger partial charge in [-0.3, -0.25) is 14.9 Å². The van der Waals surface area contributed by atoms with E-state index in [1.165, 1.54) is 29.5 Å². The predicted molar refractivity (Wildman–Crippen MR) is 104 cm³/mol. The fourth-order valence-corrected chi connectivity index (χ4v) is 3.67. The summed E-state index contributed by atoms with van der Waals surface area (Å²) in [6, 6.07) is 17.4. The van der Waals surface area contributed by atoms with Crippen LogP contribution in [-0.4, -0.2) is 15.9 Å². The summed E-state index contributed by atoms with van der Waals surface area (Å²) in [7, 11) is 0. The van der Waals surface area contributed by atoms with E-state index >= 15 is 0 Å². The molecule has 1 heterocycles. The Balaban J connectivity index is 1.64. The molecule has 2 aromatic carbocycles. The monoisotopic (exact) mass is 382 g/mol. The molecule has 0 fully saturated rings. The van der Waals surface area contributed by atoms with Gasteiger partial charge in [-0.1, -0.05) is 30.3 Å². The van der Waals surface area contributed by atoms with Crippen molar-refractivity contribution in [2.45, 2.75) is 19.6 Å². The van der Waals surface area contributed by atoms with E-state index in [2.05, 4.69) is 5.32 Å². The van der Waals surface area contributed by atoms with Crippen LogP contribution in [0.5, 0.6) is 0 Å². The van der Waals surface area contributed by atoms with E-state index in [9.17, 15) is 20.0 Å². The Kier molecular flexibility index (Phi) is 5.63. The van der Waals surface area contributed by atoms with E-state index in [-0.39, 0.29) is 11.6 Å². The van der Waals surface area contributed by atoms with E-state index in [1.807, 2.05) is 42.5 Å². The van der Waals surface area contributed by atoms with Gasteiger partial charge in [-0.15, -0.1) is 11.3 Å². The number of nitrogens with zero attached hydrogens (tertiary/aromatic N) is 1. The standard InChI is InChI=1S/C20H18N2O4S/c1-13-11-15(7-9-17(13)22(25)26)20(24)21-12-16-8-10-18(27-16)19(23)14-5-3-2-4-6-14/h2-11,19,23H,12H2,1H3,(H,21,24). The number of carbonyl (C=O) groups excluding carboxylic acids is 1. The second-order valence-corrected chi connectivity index (χ2v) is 7.26. The molecule has 1 aromatic heterocycles. The van der Waals surface area contributed by atoms with Crippen molar-refractivity contribution in [3.05, 3.63) is 97.2 Å². The van der Waals surface area contributed by atoms with Crippen molar-refractivity contribution in [1.82, 2.24) is 5.32 Å². The van der Waals surface area contributed by atoms with Gasteiger partial charge >= 0.3 is 0 Å². The van der Waals surface area contributed by atoms with Crippen LogP contribution < -0.4 is 5.32 Å². The predicted octanol–water partition coefficient (Wildman–Crippen LogP) is 3.98. The molecule has 27 heavy (non-hydrogen) atoms. The van der Waals surface area contributed by atoms with Gasteiger partial charge in [-0.05, 0) is 36.8 Å². The molecule has 0 spiro atoms. The molecule has 2 N–H and O–H groups in total. The minimum Gasteiger partial charge on any atom is -0.383 e. The number of nitro benzene ring substituents is 1. The number of nitrogens with one attached hydrogen (secondary N) is 1. The van der Waals surface area contributed by atoms with Gasteiger partial charge in [0.15, 0.2) is 0 Å². The van der Waals surface area contributed by atoms with Crippen molar-refractivity contribution in [2.75, 3.05) is 0 Å². The minimum absolute atomic E-state index is 0.00986. The van der Waals surface area contributed by atoms with Gasteiger partial charge in [0.1, 0.15) is 6.10 Å². The molecule has 1 atom stereocenters. The Hall–Kier alpha value is -3.03. The van der Waals surface area contributed by atoms with Gasteiger partial charge < -0.3 is 10.4 Å². The Morgan fingerprint density at radius 1 is 1.19 bits per heavy atom. The fraction of sp³-hybridized carbons (Fsp3) is 0.150. The molecule has 3 rings (SSSR count). The number of benzene rings is 2. The van der Waals surface area contributed by atoms with Gasteiger partial charge in [0.25, 0.3) is 11.6 Å². The Morgan fingerprint density at radius 3 is 2.59 bits per heavy atom. The molecular weight excluding hydrogens is 364 g/mol. The summed E-state index contributed by atoms with van der Waals surface area (Å²) < 4.78 is 0. The van der Waals surface area contributed by atoms with Gasteiger partial charge in [0.05, 0.1) is 11.5 Å². The summed E-state index contributed by atoms with van der Waals surface area (Å²) in [5, 5.41) is 24.1. The zero-order valence-electron chi connectivity index (χ0n) is 14.6. The highest BCUT2D eigenvalue weighted by molar-refractivity contribution is 7.12. The van der Waals surface area contributed by atoms with E-state index in [4.69, 9.17) is 0 Å². The lowest BCUT2D eigenvalue weighted by Crippen LogP contribution is -2.22. The first-order chi connectivity index (χ1) is 13.0. The maximum atomic E-state index is 12.3. The van der Waals surface area contributed by atoms with Crippen LogP contribution in [-0.2, 0) is 6.54 Å². The summed E-state index contributed by atoms with van der Waals surface area (Å²) in [6.45, 7) is 1.92. The maximum absolute atomic E-state index is 12.3. The maximum Gasteiger partial charge on any atom is 0.272 e. The van der Waals surface area contributed by atoms with Crippen LogP contribution in [0.4, 0.5) is 5.69 Å². The van der Waals surface area contributed by atoms with E-state index in [1.54, 1.807) is 6.92 Å². The lowest BCUT2D eigenvalue weighted by atomic mass is 10.1. The van der Waals surface area contributed by atoms with Crippen molar-refractivity contribution in [3.63, 3.8) is 0 Å². The Bertz CT molecular complexity index is 969. The van der Waals surface area contributed by atoms with Gasteiger partial charge in [-0.25, -0.2) is 0 Å². The van der Waals surface area contributed by atoms with Gasteiger partial charge in [0.2, 0.25) is 0 Å². The summed E-state index contributed by atoms with van der Waals surface area (Å²) in [5.41, 5.74) is 1.62. The molecule has 138 valence electrons. The molecule has 0 bridgehead atoms. The number of aryl methyl sites for hydroxylation is 1. The first-order valence-corrected chi connectivity index (χ1v) is 9.12. The van der Waals surface area contributed by atoms with E-state index in [0.717, 1.165) is 15.3 Å². The van der Waals surface area contributed by atoms with Crippen LogP contribution in [0.1, 0.15) is 37.3 Å². The molecule has 1 unspecified atom stereocenters. The lowest BCUT2D eigenvalue weighted by Gasteiger charge is -2.08. The molecule has 7 heteroatoms. The normalized spacial score (nSPS) is 11.8. The first-order valence-electron chi connectivity index (χ1n) is 8.30. The topological polar surface area (TPSA) is 92.5 Å². The van der Waals surface area contributed by atoms with Crippen LogP contribution in [0.3, 0.4) is 0 Å². The second-order valence-electron chi connectivity index (χ2n) is 6.06. The summed E-state index contributed by atoms with van der Waals surface area (Å²) >= 11 is 1.43. The molecule has 0 aliphatic heterocycles. The van der Waals surface area contributed by atoms with Crippen LogP contribution in [0.15, 0.2) is 60.7 Å². The molecule has 0 aliphatic carbocycles. The van der Waals surface area contributed by atoms with Crippen LogP contribution in [0, 0.1) is 17.0 Å². The molecule has 0 saturated carbocycles. The smallest absolute Gasteiger partial charge is 0.272 e. The molecule has 0 aliphatic rings. The third kappa shape index (κ3) is 4.39. The van der Waals surface area contributed by atoms with Gasteiger partial charge in [-0.2, -0.15) is 0 Å². The number of thiophene rings is 1. The van der Waals surface area contributed by atoms with E-state index in [0.29, 0.717) is 17.7 Å². The second kappa shape index (κ2) is 8.11. The average Bonchev–Trinajstić information content (AvgIpc) is 3.14. The average molecular weight is 382 g/mol. The molecule has 6 nitrogen and oxygen atoms in total. The minimum atomic E-state index is -0.696. The van der Waals surface area contributed by atoms with Crippen LogP contribution >= 0.6 is 11.3 Å². The molecule has 1 amide bonds. The largest absolute Gasteiger partial charge is 0.383 e. The quantitative estimate of drug-likeness (QED) is 0.498. The van der Waals surface area contributed by atoms with Crippen molar-refractivity contribution < 1.29 is 14.8 Å². The summed E-state index contributed by atoms with van der Waals surface area (Å²) in [6.07, 6.45) is -0.696. The number of carbonyl (C=O) groups is 1. The Labute approximate surface area is 160 Å². The lowest BCUT2D eigenvalue weighted by molar-refractivity contribution is -0.385. The number of nitro groups is 1. The Morgan fingerprint density at radius 2 is 1.93 bits per heavy atom. The number of aliphatic hydroxyl groups is 1. The van der Waals surface area contributed by atoms with Crippen molar-refractivity contribution in [2.24, 2.45) is 0 Å². The highest BCUT2D eigenvalue weighted by atomic mass is 32.1. The van der Waals surface area contributed by atoms with Gasteiger partial charge in [0, 0.05) is 26.9 Å². The van der Waals surface area contributed by atoms with Crippen molar-refractivity contribution >= 4 is 22.9 Å². The van der Waals surface area contributed by atoms with Crippen molar-refractivity contribution in [3.8, 4) is 0 Å². The number of amides is 1. The molecular formula is C20H18N2O4S. The zero-order valence-corrected chi connectivity index (χ0v) is 15.4. The van der Waals surface area contributed by atoms with Crippen LogP contribution in [0.25, 0.3) is 0 Å². The zero-order chi connectivity index (χ0) is 19.4. The molecule has 0 radical (unpaired) electrons. The third-order valence-electron chi connectivity index (χ3n) is 4.15. The van der Waals surface area contributed by atoms with Crippen LogP contribution in [0.2, 0.25) is 0 Å².